The first kappa shape index (κ1) is 17.0. The van der Waals surface area contributed by atoms with Gasteiger partial charge in [0.05, 0.1) is 5.41 Å². The minimum atomic E-state index is -0.597. The fraction of sp³-hybridized carbons (Fsp3) is 0.316. The lowest BCUT2D eigenvalue weighted by atomic mass is 9.72. The van der Waals surface area contributed by atoms with Gasteiger partial charge in [-0.15, -0.1) is 0 Å². The second-order valence-corrected chi connectivity index (χ2v) is 5.63. The number of amides is 1. The standard InChI is InChI=1S/C19H24N2O2/c1-3-5-15(6-4-2)19(11-13-23-14-12-19)18(22)21-17-9-7-16(20)8-10-17/h3-10H,1,11-14,20H2,2H3,(H,21,22)/b6-4-,15-5+. The Morgan fingerprint density at radius 3 is 2.52 bits per heavy atom. The van der Waals surface area contributed by atoms with Crippen LogP contribution in [0.4, 0.5) is 11.4 Å². The molecule has 2 rings (SSSR count). The third-order valence-corrected chi connectivity index (χ3v) is 4.15. The van der Waals surface area contributed by atoms with E-state index in [4.69, 9.17) is 10.5 Å². The minimum Gasteiger partial charge on any atom is -0.399 e. The van der Waals surface area contributed by atoms with Crippen LogP contribution in [-0.4, -0.2) is 19.1 Å². The van der Waals surface area contributed by atoms with Gasteiger partial charge in [-0.25, -0.2) is 0 Å². The molecule has 1 aromatic rings. The third kappa shape index (κ3) is 3.90. The van der Waals surface area contributed by atoms with Crippen molar-refractivity contribution < 1.29 is 9.53 Å². The molecule has 0 bridgehead atoms. The van der Waals surface area contributed by atoms with Crippen LogP contribution in [0.1, 0.15) is 19.8 Å². The summed E-state index contributed by atoms with van der Waals surface area (Å²) in [6.45, 7) is 6.86. The largest absolute Gasteiger partial charge is 0.399 e. The molecular formula is C19H24N2O2. The summed E-state index contributed by atoms with van der Waals surface area (Å²) in [7, 11) is 0. The molecule has 0 unspecified atom stereocenters. The molecule has 1 saturated heterocycles. The van der Waals surface area contributed by atoms with Gasteiger partial charge in [-0.3, -0.25) is 4.79 Å². The van der Waals surface area contributed by atoms with E-state index in [2.05, 4.69) is 11.9 Å². The Kier molecular flexibility index (Phi) is 5.77. The molecule has 0 saturated carbocycles. The van der Waals surface area contributed by atoms with Crippen LogP contribution in [0.3, 0.4) is 0 Å². The molecule has 1 aromatic carbocycles. The van der Waals surface area contributed by atoms with Gasteiger partial charge in [0.1, 0.15) is 0 Å². The zero-order valence-corrected chi connectivity index (χ0v) is 13.5. The van der Waals surface area contributed by atoms with E-state index < -0.39 is 5.41 Å². The van der Waals surface area contributed by atoms with Crippen molar-refractivity contribution in [2.45, 2.75) is 19.8 Å². The number of anilines is 2. The lowest BCUT2D eigenvalue weighted by Gasteiger charge is -2.37. The molecule has 4 nitrogen and oxygen atoms in total. The molecular weight excluding hydrogens is 288 g/mol. The van der Waals surface area contributed by atoms with Crippen molar-refractivity contribution in [1.29, 1.82) is 0 Å². The summed E-state index contributed by atoms with van der Waals surface area (Å²) in [5.41, 5.74) is 7.48. The summed E-state index contributed by atoms with van der Waals surface area (Å²) in [6.07, 6.45) is 8.87. The number of nitrogen functional groups attached to an aromatic ring is 1. The van der Waals surface area contributed by atoms with Crippen LogP contribution in [-0.2, 0) is 9.53 Å². The number of allylic oxidation sites excluding steroid dienone is 4. The molecule has 0 spiro atoms. The highest BCUT2D eigenvalue weighted by Crippen LogP contribution is 2.40. The van der Waals surface area contributed by atoms with E-state index >= 15 is 0 Å². The van der Waals surface area contributed by atoms with Gasteiger partial charge in [0, 0.05) is 24.6 Å². The number of ether oxygens (including phenoxy) is 1. The average molecular weight is 312 g/mol. The van der Waals surface area contributed by atoms with E-state index in [9.17, 15) is 4.79 Å². The van der Waals surface area contributed by atoms with Crippen molar-refractivity contribution in [3.63, 3.8) is 0 Å². The topological polar surface area (TPSA) is 64.4 Å². The molecule has 1 aliphatic rings. The number of carbonyl (C=O) groups excluding carboxylic acids is 1. The SMILES string of the molecule is C=C/C=C(\C=C/C)C1(C(=O)Nc2ccc(N)cc2)CCOCC1. The zero-order chi connectivity index (χ0) is 16.7. The van der Waals surface area contributed by atoms with E-state index in [1.807, 2.05) is 37.3 Å². The molecule has 0 aromatic heterocycles. The summed E-state index contributed by atoms with van der Waals surface area (Å²) in [6, 6.07) is 7.18. The van der Waals surface area contributed by atoms with Gasteiger partial charge < -0.3 is 15.8 Å². The number of carbonyl (C=O) groups is 1. The highest BCUT2D eigenvalue weighted by atomic mass is 16.5. The molecule has 1 aliphatic heterocycles. The van der Waals surface area contributed by atoms with Crippen LogP contribution in [0.15, 0.2) is 60.7 Å². The van der Waals surface area contributed by atoms with Crippen LogP contribution in [0.5, 0.6) is 0 Å². The Balaban J connectivity index is 2.33. The second-order valence-electron chi connectivity index (χ2n) is 5.63. The molecule has 23 heavy (non-hydrogen) atoms. The number of rotatable bonds is 5. The summed E-state index contributed by atoms with van der Waals surface area (Å²) in [5, 5.41) is 3.02. The molecule has 0 aliphatic carbocycles. The van der Waals surface area contributed by atoms with Crippen molar-refractivity contribution in [3.8, 4) is 0 Å². The van der Waals surface area contributed by atoms with Gasteiger partial charge in [0.2, 0.25) is 5.91 Å². The predicted octanol–water partition coefficient (Wildman–Crippen LogP) is 3.69. The maximum Gasteiger partial charge on any atom is 0.235 e. The van der Waals surface area contributed by atoms with Crippen LogP contribution in [0.25, 0.3) is 0 Å². The number of nitrogens with one attached hydrogen (secondary N) is 1. The first-order valence-electron chi connectivity index (χ1n) is 7.83. The van der Waals surface area contributed by atoms with Crippen LogP contribution >= 0.6 is 0 Å². The summed E-state index contributed by atoms with van der Waals surface area (Å²) in [5.74, 6) is -0.0169. The summed E-state index contributed by atoms with van der Waals surface area (Å²) < 4.78 is 5.47. The third-order valence-electron chi connectivity index (χ3n) is 4.15. The Hall–Kier alpha value is -2.33. The first-order valence-corrected chi connectivity index (χ1v) is 7.83. The molecule has 0 radical (unpaired) electrons. The predicted molar refractivity (Wildman–Crippen MR) is 95.1 cm³/mol. The fourth-order valence-corrected chi connectivity index (χ4v) is 2.86. The van der Waals surface area contributed by atoms with Crippen LogP contribution < -0.4 is 11.1 Å². The van der Waals surface area contributed by atoms with Gasteiger partial charge in [-0.1, -0.05) is 30.9 Å². The Morgan fingerprint density at radius 2 is 1.96 bits per heavy atom. The molecule has 122 valence electrons. The Morgan fingerprint density at radius 1 is 1.30 bits per heavy atom. The van der Waals surface area contributed by atoms with Crippen LogP contribution in [0, 0.1) is 5.41 Å². The highest BCUT2D eigenvalue weighted by molar-refractivity contribution is 5.98. The molecule has 4 heteroatoms. The van der Waals surface area contributed by atoms with Crippen molar-refractivity contribution in [2.75, 3.05) is 24.3 Å². The monoisotopic (exact) mass is 312 g/mol. The fourth-order valence-electron chi connectivity index (χ4n) is 2.86. The van der Waals surface area contributed by atoms with Gasteiger partial charge in [-0.05, 0) is 49.6 Å². The van der Waals surface area contributed by atoms with Crippen LogP contribution in [0.2, 0.25) is 0 Å². The number of hydrogen-bond acceptors (Lipinski definition) is 3. The Bertz CT molecular complexity index is 609. The van der Waals surface area contributed by atoms with Gasteiger partial charge in [-0.2, -0.15) is 0 Å². The number of nitrogens with two attached hydrogens (primary N) is 1. The highest BCUT2D eigenvalue weighted by Gasteiger charge is 2.42. The summed E-state index contributed by atoms with van der Waals surface area (Å²) in [4.78, 5) is 13.1. The zero-order valence-electron chi connectivity index (χ0n) is 13.5. The molecule has 1 fully saturated rings. The van der Waals surface area contributed by atoms with E-state index in [0.29, 0.717) is 31.7 Å². The maximum atomic E-state index is 13.1. The lowest BCUT2D eigenvalue weighted by Crippen LogP contribution is -2.42. The van der Waals surface area contributed by atoms with Gasteiger partial charge in [0.15, 0.2) is 0 Å². The molecule has 1 amide bonds. The molecule has 3 N–H and O–H groups in total. The molecule has 0 atom stereocenters. The minimum absolute atomic E-state index is 0.0169. The maximum absolute atomic E-state index is 13.1. The first-order chi connectivity index (χ1) is 11.1. The molecule has 1 heterocycles. The Labute approximate surface area is 137 Å². The number of benzene rings is 1. The van der Waals surface area contributed by atoms with Crippen molar-refractivity contribution in [3.05, 3.63) is 60.7 Å². The van der Waals surface area contributed by atoms with E-state index in [-0.39, 0.29) is 5.91 Å². The normalized spacial score (nSPS) is 17.9. The smallest absolute Gasteiger partial charge is 0.235 e. The van der Waals surface area contributed by atoms with E-state index in [0.717, 1.165) is 11.3 Å². The lowest BCUT2D eigenvalue weighted by molar-refractivity contribution is -0.128. The van der Waals surface area contributed by atoms with Crippen molar-refractivity contribution in [1.82, 2.24) is 0 Å². The summed E-state index contributed by atoms with van der Waals surface area (Å²) >= 11 is 0. The van der Waals surface area contributed by atoms with Crippen molar-refractivity contribution >= 4 is 17.3 Å². The van der Waals surface area contributed by atoms with E-state index in [1.165, 1.54) is 0 Å². The van der Waals surface area contributed by atoms with Crippen molar-refractivity contribution in [2.24, 2.45) is 5.41 Å². The van der Waals surface area contributed by atoms with Gasteiger partial charge >= 0.3 is 0 Å². The second kappa shape index (κ2) is 7.79. The van der Waals surface area contributed by atoms with E-state index in [1.54, 1.807) is 18.2 Å². The average Bonchev–Trinajstić information content (AvgIpc) is 2.57. The quantitative estimate of drug-likeness (QED) is 0.644. The number of hydrogen-bond donors (Lipinski definition) is 2. The van der Waals surface area contributed by atoms with Gasteiger partial charge in [0.25, 0.3) is 0 Å².